The first-order chi connectivity index (χ1) is 3.77. The van der Waals surface area contributed by atoms with E-state index >= 15 is 0 Å². The first-order valence-electron chi connectivity index (χ1n) is 2.58. The van der Waals surface area contributed by atoms with E-state index < -0.39 is 0 Å². The molecule has 0 fully saturated rings. The molecule has 0 aliphatic carbocycles. The van der Waals surface area contributed by atoms with E-state index in [2.05, 4.69) is 11.8 Å². The minimum atomic E-state index is 0.466. The fraction of sp³-hybridized carbons (Fsp3) is 0.667. The van der Waals surface area contributed by atoms with Crippen LogP contribution in [0.5, 0.6) is 0 Å². The van der Waals surface area contributed by atoms with E-state index in [1.807, 2.05) is 19.0 Å². The molecule has 2 heteroatoms. The summed E-state index contributed by atoms with van der Waals surface area (Å²) in [6.45, 7) is 1.27. The minimum absolute atomic E-state index is 0.466. The van der Waals surface area contributed by atoms with Crippen molar-refractivity contribution in [3.05, 3.63) is 0 Å². The molecule has 0 saturated heterocycles. The molecule has 8 heavy (non-hydrogen) atoms. The zero-order chi connectivity index (χ0) is 6.41. The van der Waals surface area contributed by atoms with Crippen LogP contribution in [0.3, 0.4) is 0 Å². The molecule has 0 atom stereocenters. The molecular weight excluding hydrogens is 100 g/mol. The van der Waals surface area contributed by atoms with Gasteiger partial charge in [0.2, 0.25) is 0 Å². The van der Waals surface area contributed by atoms with Gasteiger partial charge in [-0.1, -0.05) is 11.8 Å². The fourth-order valence-electron chi connectivity index (χ4n) is 0.286. The Morgan fingerprint density at radius 1 is 1.38 bits per heavy atom. The topological polar surface area (TPSA) is 29.3 Å². The van der Waals surface area contributed by atoms with Crippen molar-refractivity contribution in [3.63, 3.8) is 0 Å². The fourth-order valence-corrected chi connectivity index (χ4v) is 0.286. The van der Waals surface area contributed by atoms with E-state index in [0.717, 1.165) is 6.54 Å². The Labute approximate surface area is 50.7 Å². The van der Waals surface area contributed by atoms with Crippen LogP contribution >= 0.6 is 0 Å². The summed E-state index contributed by atoms with van der Waals surface area (Å²) in [6, 6.07) is 0. The van der Waals surface area contributed by atoms with E-state index in [-0.39, 0.29) is 0 Å². The molecule has 0 aliphatic heterocycles. The van der Waals surface area contributed by atoms with Crippen molar-refractivity contribution >= 4 is 0 Å². The third-order valence-electron chi connectivity index (χ3n) is 0.622. The molecule has 0 saturated carbocycles. The lowest BCUT2D eigenvalue weighted by atomic mass is 10.5. The molecule has 0 radical (unpaired) electrons. The average Bonchev–Trinajstić information content (AvgIpc) is 1.66. The van der Waals surface area contributed by atoms with Crippen molar-refractivity contribution in [3.8, 4) is 11.8 Å². The molecule has 0 bridgehead atoms. The van der Waals surface area contributed by atoms with Crippen molar-refractivity contribution in [2.45, 2.75) is 0 Å². The van der Waals surface area contributed by atoms with Gasteiger partial charge in [0.25, 0.3) is 0 Å². The summed E-state index contributed by atoms with van der Waals surface area (Å²) in [4.78, 5) is 2.00. The molecule has 46 valence electrons. The summed E-state index contributed by atoms with van der Waals surface area (Å²) >= 11 is 0. The van der Waals surface area contributed by atoms with Gasteiger partial charge < -0.3 is 5.73 Å². The molecule has 0 aromatic rings. The molecule has 0 heterocycles. The highest BCUT2D eigenvalue weighted by Gasteiger charge is 1.77. The molecule has 0 aromatic heterocycles. The van der Waals surface area contributed by atoms with Gasteiger partial charge in [-0.2, -0.15) is 0 Å². The monoisotopic (exact) mass is 112 g/mol. The van der Waals surface area contributed by atoms with Crippen LogP contribution in [-0.2, 0) is 0 Å². The zero-order valence-electron chi connectivity index (χ0n) is 5.44. The van der Waals surface area contributed by atoms with Crippen molar-refractivity contribution < 1.29 is 0 Å². The Hall–Kier alpha value is -0.520. The summed E-state index contributed by atoms with van der Waals surface area (Å²) < 4.78 is 0. The van der Waals surface area contributed by atoms with Crippen LogP contribution in [0.1, 0.15) is 0 Å². The van der Waals surface area contributed by atoms with Crippen LogP contribution in [0.25, 0.3) is 0 Å². The van der Waals surface area contributed by atoms with Gasteiger partial charge in [0, 0.05) is 0 Å². The third kappa shape index (κ3) is 5.48. The molecule has 0 rings (SSSR count). The quantitative estimate of drug-likeness (QED) is 0.464. The predicted octanol–water partition coefficient (Wildman–Crippen LogP) is -0.490. The highest BCUT2D eigenvalue weighted by Crippen LogP contribution is 1.66. The summed E-state index contributed by atoms with van der Waals surface area (Å²) in [5.41, 5.74) is 5.12. The van der Waals surface area contributed by atoms with Gasteiger partial charge in [-0.25, -0.2) is 0 Å². The number of hydrogen-bond acceptors (Lipinski definition) is 2. The third-order valence-corrected chi connectivity index (χ3v) is 0.622. The number of hydrogen-bond donors (Lipinski definition) is 1. The van der Waals surface area contributed by atoms with E-state index in [4.69, 9.17) is 5.73 Å². The SMILES string of the molecule is CN(C)CC#CCN. The normalized spacial score (nSPS) is 8.50. The first kappa shape index (κ1) is 7.48. The molecule has 0 amide bonds. The lowest BCUT2D eigenvalue weighted by Gasteiger charge is -2.00. The van der Waals surface area contributed by atoms with Crippen molar-refractivity contribution in [1.29, 1.82) is 0 Å². The molecule has 0 unspecified atom stereocenters. The van der Waals surface area contributed by atoms with Crippen LogP contribution in [0.4, 0.5) is 0 Å². The van der Waals surface area contributed by atoms with Gasteiger partial charge in [-0.05, 0) is 14.1 Å². The molecular formula is C6H12N2. The Kier molecular flexibility index (Phi) is 4.33. The van der Waals surface area contributed by atoms with Gasteiger partial charge in [-0.3, -0.25) is 4.90 Å². The Morgan fingerprint density at radius 3 is 2.38 bits per heavy atom. The second kappa shape index (κ2) is 4.63. The van der Waals surface area contributed by atoms with Crippen molar-refractivity contribution in [2.24, 2.45) is 5.73 Å². The second-order valence-electron chi connectivity index (χ2n) is 1.80. The van der Waals surface area contributed by atoms with Crippen molar-refractivity contribution in [2.75, 3.05) is 27.2 Å². The van der Waals surface area contributed by atoms with Crippen LogP contribution in [0.15, 0.2) is 0 Å². The molecule has 0 aromatic carbocycles. The van der Waals surface area contributed by atoms with Gasteiger partial charge >= 0.3 is 0 Å². The summed E-state index contributed by atoms with van der Waals surface area (Å²) in [5.74, 6) is 5.65. The number of nitrogens with two attached hydrogens (primary N) is 1. The van der Waals surface area contributed by atoms with Gasteiger partial charge in [0.05, 0.1) is 13.1 Å². The zero-order valence-corrected chi connectivity index (χ0v) is 5.44. The maximum atomic E-state index is 5.12. The Balaban J connectivity index is 3.15. The second-order valence-corrected chi connectivity index (χ2v) is 1.80. The number of nitrogens with zero attached hydrogens (tertiary/aromatic N) is 1. The lowest BCUT2D eigenvalue weighted by molar-refractivity contribution is 0.464. The highest BCUT2D eigenvalue weighted by molar-refractivity contribution is 5.01. The van der Waals surface area contributed by atoms with Crippen LogP contribution < -0.4 is 5.73 Å². The molecule has 2 N–H and O–H groups in total. The standard InChI is InChI=1S/C6H12N2/c1-8(2)6-4-3-5-7/h5-7H2,1-2H3. The van der Waals surface area contributed by atoms with E-state index in [1.165, 1.54) is 0 Å². The van der Waals surface area contributed by atoms with Gasteiger partial charge in [-0.15, -0.1) is 0 Å². The summed E-state index contributed by atoms with van der Waals surface area (Å²) in [7, 11) is 3.95. The van der Waals surface area contributed by atoms with Crippen LogP contribution in [0.2, 0.25) is 0 Å². The number of rotatable bonds is 1. The lowest BCUT2D eigenvalue weighted by Crippen LogP contribution is -2.11. The Bertz CT molecular complexity index is 96.8. The largest absolute Gasteiger partial charge is 0.320 e. The van der Waals surface area contributed by atoms with Crippen LogP contribution in [-0.4, -0.2) is 32.1 Å². The molecule has 0 aliphatic rings. The van der Waals surface area contributed by atoms with Gasteiger partial charge in [0.15, 0.2) is 0 Å². The molecule has 2 nitrogen and oxygen atoms in total. The van der Waals surface area contributed by atoms with E-state index in [9.17, 15) is 0 Å². The maximum absolute atomic E-state index is 5.12. The highest BCUT2D eigenvalue weighted by atomic mass is 15.0. The summed E-state index contributed by atoms with van der Waals surface area (Å²) in [5, 5.41) is 0. The Morgan fingerprint density at radius 2 is 2.00 bits per heavy atom. The molecule has 0 spiro atoms. The average molecular weight is 112 g/mol. The predicted molar refractivity (Wildman–Crippen MR) is 35.4 cm³/mol. The van der Waals surface area contributed by atoms with Crippen molar-refractivity contribution in [1.82, 2.24) is 4.90 Å². The smallest absolute Gasteiger partial charge is 0.0597 e. The van der Waals surface area contributed by atoms with E-state index in [1.54, 1.807) is 0 Å². The summed E-state index contributed by atoms with van der Waals surface area (Å²) in [6.07, 6.45) is 0. The first-order valence-corrected chi connectivity index (χ1v) is 2.58. The van der Waals surface area contributed by atoms with Gasteiger partial charge in [0.1, 0.15) is 0 Å². The maximum Gasteiger partial charge on any atom is 0.0597 e. The van der Waals surface area contributed by atoms with E-state index in [0.29, 0.717) is 6.54 Å². The minimum Gasteiger partial charge on any atom is -0.320 e. The van der Waals surface area contributed by atoms with Crippen LogP contribution in [0, 0.1) is 11.8 Å².